The van der Waals surface area contributed by atoms with Crippen LogP contribution in [0.3, 0.4) is 0 Å². The van der Waals surface area contributed by atoms with Crippen LogP contribution in [0.25, 0.3) is 5.69 Å². The van der Waals surface area contributed by atoms with E-state index in [1.807, 2.05) is 13.8 Å². The molecule has 0 bridgehead atoms. The first-order valence-electron chi connectivity index (χ1n) is 10.7. The number of hydrogen-bond donors (Lipinski definition) is 2. The number of halogens is 2. The van der Waals surface area contributed by atoms with Crippen molar-refractivity contribution in [1.29, 1.82) is 0 Å². The molecule has 0 spiro atoms. The number of aromatic nitrogens is 6. The summed E-state index contributed by atoms with van der Waals surface area (Å²) in [5.41, 5.74) is 1.85. The highest BCUT2D eigenvalue weighted by atomic mass is 19.1. The summed E-state index contributed by atoms with van der Waals surface area (Å²) in [4.78, 5) is 8.17. The zero-order valence-corrected chi connectivity index (χ0v) is 17.4. The van der Waals surface area contributed by atoms with Crippen LogP contribution in [0.1, 0.15) is 69.2 Å². The minimum atomic E-state index is -0.557. The van der Waals surface area contributed by atoms with Crippen molar-refractivity contribution in [3.63, 3.8) is 0 Å². The number of tetrazole rings is 1. The van der Waals surface area contributed by atoms with Crippen molar-refractivity contribution in [2.75, 3.05) is 10.6 Å². The molecule has 3 aromatic rings. The zero-order valence-electron chi connectivity index (χ0n) is 17.4. The molecule has 2 aliphatic carbocycles. The predicted octanol–water partition coefficient (Wildman–Crippen LogP) is 4.44. The number of anilines is 3. The molecule has 8 nitrogen and oxygen atoms in total. The minimum Gasteiger partial charge on any atom is -0.365 e. The molecule has 1 aromatic carbocycles. The number of hydrogen-bond acceptors (Lipinski definition) is 7. The van der Waals surface area contributed by atoms with Crippen LogP contribution in [0.5, 0.6) is 0 Å². The fourth-order valence-corrected chi connectivity index (χ4v) is 3.52. The molecule has 2 N–H and O–H groups in total. The maximum Gasteiger partial charge on any atom is 0.229 e. The fraction of sp³-hybridized carbons (Fsp3) is 0.476. The van der Waals surface area contributed by atoms with E-state index in [9.17, 15) is 8.78 Å². The molecule has 31 heavy (non-hydrogen) atoms. The summed E-state index contributed by atoms with van der Waals surface area (Å²) in [6, 6.07) is 3.27. The first-order chi connectivity index (χ1) is 15.0. The summed E-state index contributed by atoms with van der Waals surface area (Å²) in [5, 5.41) is 18.1. The molecule has 2 aromatic heterocycles. The molecular weight excluding hydrogens is 402 g/mol. The van der Waals surface area contributed by atoms with E-state index >= 15 is 0 Å². The number of nitrogens with one attached hydrogen (secondary N) is 2. The average molecular weight is 426 g/mol. The third kappa shape index (κ3) is 4.06. The zero-order chi connectivity index (χ0) is 21.5. The van der Waals surface area contributed by atoms with Gasteiger partial charge in [0, 0.05) is 12.0 Å². The molecule has 5 rings (SSSR count). The van der Waals surface area contributed by atoms with Crippen LogP contribution in [-0.4, -0.2) is 36.2 Å². The predicted molar refractivity (Wildman–Crippen MR) is 112 cm³/mol. The van der Waals surface area contributed by atoms with Gasteiger partial charge in [-0.25, -0.2) is 13.8 Å². The molecule has 1 atom stereocenters. The lowest BCUT2D eigenvalue weighted by molar-refractivity contribution is 0.611. The first-order valence-corrected chi connectivity index (χ1v) is 10.7. The van der Waals surface area contributed by atoms with Crippen LogP contribution in [-0.2, 0) is 0 Å². The van der Waals surface area contributed by atoms with Gasteiger partial charge in [-0.05, 0) is 73.1 Å². The molecule has 10 heteroatoms. The molecular formula is C21H24F2N8. The largest absolute Gasteiger partial charge is 0.365 e. The Labute approximate surface area is 178 Å². The standard InChI is InChI=1S/C21H24F2N8/c1-3-11(2)25-19-16(23)10-24-21(27-19)26-17-9-18(14(8-15(17)22)12-4-5-12)31-20(13-6-7-13)28-29-30-31/h8-13H,3-7H2,1-2H3,(H2,24,25,26,27). The van der Waals surface area contributed by atoms with E-state index in [0.29, 0.717) is 11.8 Å². The summed E-state index contributed by atoms with van der Waals surface area (Å²) in [5.74, 6) is 0.669. The second-order valence-electron chi connectivity index (χ2n) is 8.36. The Bertz CT molecular complexity index is 1110. The normalized spacial score (nSPS) is 16.9. The van der Waals surface area contributed by atoms with Crippen LogP contribution in [0.2, 0.25) is 0 Å². The topological polar surface area (TPSA) is 93.4 Å². The van der Waals surface area contributed by atoms with Gasteiger partial charge in [0.25, 0.3) is 0 Å². The monoisotopic (exact) mass is 426 g/mol. The maximum absolute atomic E-state index is 15.0. The van der Waals surface area contributed by atoms with Gasteiger partial charge in [-0.15, -0.1) is 5.10 Å². The van der Waals surface area contributed by atoms with Crippen LogP contribution < -0.4 is 10.6 Å². The highest BCUT2D eigenvalue weighted by Crippen LogP contribution is 2.45. The van der Waals surface area contributed by atoms with Crippen molar-refractivity contribution in [3.05, 3.63) is 41.4 Å². The van der Waals surface area contributed by atoms with Gasteiger partial charge in [-0.1, -0.05) is 6.92 Å². The molecule has 0 radical (unpaired) electrons. The van der Waals surface area contributed by atoms with Crippen molar-refractivity contribution < 1.29 is 8.78 Å². The van der Waals surface area contributed by atoms with Gasteiger partial charge in [-0.3, -0.25) is 0 Å². The van der Waals surface area contributed by atoms with Crippen LogP contribution in [0.4, 0.5) is 26.2 Å². The summed E-state index contributed by atoms with van der Waals surface area (Å²) >= 11 is 0. The Hall–Kier alpha value is -3.17. The second kappa shape index (κ2) is 7.82. The van der Waals surface area contributed by atoms with E-state index in [1.54, 1.807) is 10.7 Å². The summed E-state index contributed by atoms with van der Waals surface area (Å²) in [7, 11) is 0. The molecule has 0 aliphatic heterocycles. The van der Waals surface area contributed by atoms with Gasteiger partial charge in [0.05, 0.1) is 17.6 Å². The summed E-state index contributed by atoms with van der Waals surface area (Å²) in [6.45, 7) is 3.92. The van der Waals surface area contributed by atoms with Gasteiger partial charge in [-0.2, -0.15) is 9.67 Å². The van der Waals surface area contributed by atoms with Gasteiger partial charge < -0.3 is 10.6 Å². The van der Waals surface area contributed by atoms with Crippen molar-refractivity contribution in [3.8, 4) is 5.69 Å². The lowest BCUT2D eigenvalue weighted by Gasteiger charge is -2.16. The van der Waals surface area contributed by atoms with Crippen molar-refractivity contribution in [2.24, 2.45) is 0 Å². The fourth-order valence-electron chi connectivity index (χ4n) is 3.52. The SMILES string of the molecule is CCC(C)Nc1nc(Nc2cc(-n3nnnc3C3CC3)c(C3CC3)cc2F)ncc1F. The van der Waals surface area contributed by atoms with E-state index in [2.05, 4.69) is 36.1 Å². The van der Waals surface area contributed by atoms with Gasteiger partial charge in [0.2, 0.25) is 5.95 Å². The molecule has 162 valence electrons. The Kier molecular flexibility index (Phi) is 4.99. The lowest BCUT2D eigenvalue weighted by atomic mass is 10.1. The Morgan fingerprint density at radius 1 is 1.13 bits per heavy atom. The summed E-state index contributed by atoms with van der Waals surface area (Å²) < 4.78 is 30.8. The number of rotatable bonds is 8. The maximum atomic E-state index is 15.0. The average Bonchev–Trinajstić information content (AvgIpc) is 3.70. The molecule has 2 aliphatic rings. The molecule has 2 heterocycles. The van der Waals surface area contributed by atoms with E-state index in [1.165, 1.54) is 6.07 Å². The van der Waals surface area contributed by atoms with Crippen molar-refractivity contribution in [2.45, 2.75) is 63.8 Å². The number of nitrogens with zero attached hydrogens (tertiary/aromatic N) is 6. The van der Waals surface area contributed by atoms with E-state index in [4.69, 9.17) is 0 Å². The minimum absolute atomic E-state index is 0.0408. The van der Waals surface area contributed by atoms with Crippen LogP contribution in [0.15, 0.2) is 18.3 Å². The quantitative estimate of drug-likeness (QED) is 0.550. The van der Waals surface area contributed by atoms with E-state index in [-0.39, 0.29) is 23.5 Å². The first kappa shape index (κ1) is 19.8. The molecule has 2 saturated carbocycles. The highest BCUT2D eigenvalue weighted by Gasteiger charge is 2.33. The van der Waals surface area contributed by atoms with E-state index in [0.717, 1.165) is 55.4 Å². The molecule has 0 saturated heterocycles. The van der Waals surface area contributed by atoms with Gasteiger partial charge >= 0.3 is 0 Å². The molecule has 2 fully saturated rings. The third-order valence-electron chi connectivity index (χ3n) is 5.78. The van der Waals surface area contributed by atoms with Crippen LogP contribution >= 0.6 is 0 Å². The Morgan fingerprint density at radius 2 is 1.90 bits per heavy atom. The Morgan fingerprint density at radius 3 is 2.61 bits per heavy atom. The molecule has 0 amide bonds. The lowest BCUT2D eigenvalue weighted by Crippen LogP contribution is -2.16. The van der Waals surface area contributed by atoms with E-state index < -0.39 is 11.6 Å². The highest BCUT2D eigenvalue weighted by molar-refractivity contribution is 5.63. The van der Waals surface area contributed by atoms with Crippen molar-refractivity contribution in [1.82, 2.24) is 30.2 Å². The van der Waals surface area contributed by atoms with Gasteiger partial charge in [0.1, 0.15) is 5.82 Å². The van der Waals surface area contributed by atoms with Crippen LogP contribution in [0, 0.1) is 11.6 Å². The second-order valence-corrected chi connectivity index (χ2v) is 8.36. The summed E-state index contributed by atoms with van der Waals surface area (Å²) in [6.07, 6.45) is 6.03. The smallest absolute Gasteiger partial charge is 0.229 e. The Balaban J connectivity index is 1.50. The third-order valence-corrected chi connectivity index (χ3v) is 5.78. The van der Waals surface area contributed by atoms with Gasteiger partial charge in [0.15, 0.2) is 17.5 Å². The van der Waals surface area contributed by atoms with Crippen molar-refractivity contribution >= 4 is 17.5 Å². The number of benzene rings is 1. The molecule has 1 unspecified atom stereocenters.